The van der Waals surface area contributed by atoms with Crippen LogP contribution in [0.1, 0.15) is 66.3 Å². The van der Waals surface area contributed by atoms with E-state index in [1.54, 1.807) is 17.0 Å². The van der Waals surface area contributed by atoms with Crippen molar-refractivity contribution in [3.63, 3.8) is 0 Å². The van der Waals surface area contributed by atoms with Crippen molar-refractivity contribution in [2.75, 3.05) is 52.3 Å². The molecule has 1 heterocycles. The Kier molecular flexibility index (Phi) is 12.0. The number of likely N-dealkylation sites (N-methyl/N-ethyl adjacent to an activating group) is 1. The zero-order valence-electron chi connectivity index (χ0n) is 25.4. The minimum Gasteiger partial charge on any atom is -0.490 e. The number of hydrogen-bond donors (Lipinski definition) is 2. The predicted octanol–water partition coefficient (Wildman–Crippen LogP) is 4.38. The molecule has 226 valence electrons. The third-order valence-electron chi connectivity index (χ3n) is 7.70. The summed E-state index contributed by atoms with van der Waals surface area (Å²) in [6.07, 6.45) is 2.48. The van der Waals surface area contributed by atoms with E-state index in [4.69, 9.17) is 9.47 Å². The van der Waals surface area contributed by atoms with Crippen LogP contribution in [-0.2, 0) is 11.3 Å². The molecule has 0 fully saturated rings. The van der Waals surface area contributed by atoms with Gasteiger partial charge in [0.25, 0.3) is 5.91 Å². The lowest BCUT2D eigenvalue weighted by Crippen LogP contribution is -2.47. The molecule has 4 atom stereocenters. The fraction of sp³-hybridized carbons (Fsp3) is 0.562. The Labute approximate surface area is 244 Å². The Morgan fingerprint density at radius 1 is 1.10 bits per heavy atom. The number of benzene rings is 2. The number of aliphatic hydroxyl groups is 1. The van der Waals surface area contributed by atoms with Crippen molar-refractivity contribution in [1.29, 1.82) is 0 Å². The van der Waals surface area contributed by atoms with Gasteiger partial charge in [-0.15, -0.1) is 0 Å². The maximum atomic E-state index is 14.1. The maximum absolute atomic E-state index is 14.1. The van der Waals surface area contributed by atoms with Crippen molar-refractivity contribution < 1.29 is 29.3 Å². The number of aliphatic hydroxyl groups excluding tert-OH is 1. The highest BCUT2D eigenvalue weighted by molar-refractivity contribution is 5.98. The van der Waals surface area contributed by atoms with Crippen molar-refractivity contribution in [2.45, 2.75) is 64.8 Å². The topological polar surface area (TPSA) is 103 Å². The fourth-order valence-electron chi connectivity index (χ4n) is 5.09. The average molecular weight is 570 g/mol. The number of hydrogen-bond acceptors (Lipinski definition) is 7. The molecule has 9 heteroatoms. The minimum atomic E-state index is -0.940. The van der Waals surface area contributed by atoms with Gasteiger partial charge in [-0.1, -0.05) is 19.1 Å². The lowest BCUT2D eigenvalue weighted by molar-refractivity contribution is -0.0177. The Balaban J connectivity index is 1.87. The first-order valence-corrected chi connectivity index (χ1v) is 14.5. The molecule has 0 spiro atoms. The van der Waals surface area contributed by atoms with Crippen LogP contribution in [0.2, 0.25) is 0 Å². The molecule has 2 aromatic carbocycles. The summed E-state index contributed by atoms with van der Waals surface area (Å²) in [4.78, 5) is 31.2. The molecule has 3 rings (SSSR count). The minimum absolute atomic E-state index is 0.0203. The van der Waals surface area contributed by atoms with Crippen LogP contribution < -0.4 is 9.64 Å². The molecule has 2 aromatic rings. The second-order valence-corrected chi connectivity index (χ2v) is 11.6. The van der Waals surface area contributed by atoms with Crippen LogP contribution in [-0.4, -0.2) is 97.6 Å². The van der Waals surface area contributed by atoms with Crippen LogP contribution in [0.4, 0.5) is 5.69 Å². The summed E-state index contributed by atoms with van der Waals surface area (Å²) in [5.41, 5.74) is 2.67. The van der Waals surface area contributed by atoms with E-state index in [1.807, 2.05) is 70.2 Å². The second-order valence-electron chi connectivity index (χ2n) is 11.6. The number of ether oxygens (including phenoxy) is 2. The highest BCUT2D eigenvalue weighted by Gasteiger charge is 2.30. The third-order valence-corrected chi connectivity index (χ3v) is 7.70. The molecule has 0 radical (unpaired) electrons. The van der Waals surface area contributed by atoms with Crippen molar-refractivity contribution in [3.05, 3.63) is 59.2 Å². The van der Waals surface area contributed by atoms with Gasteiger partial charge < -0.3 is 29.5 Å². The quantitative estimate of drug-likeness (QED) is 0.483. The van der Waals surface area contributed by atoms with E-state index in [-0.39, 0.29) is 36.2 Å². The first-order valence-electron chi connectivity index (χ1n) is 14.5. The molecule has 2 N–H and O–H groups in total. The molecule has 0 unspecified atom stereocenters. The summed E-state index contributed by atoms with van der Waals surface area (Å²) in [6, 6.07) is 12.2. The number of fused-ring (bicyclic) bond motifs is 1. The van der Waals surface area contributed by atoms with Gasteiger partial charge in [0.1, 0.15) is 5.75 Å². The van der Waals surface area contributed by atoms with E-state index in [0.717, 1.165) is 30.5 Å². The summed E-state index contributed by atoms with van der Waals surface area (Å²) >= 11 is 0. The number of anilines is 1. The number of amides is 1. The Hall–Kier alpha value is -3.14. The van der Waals surface area contributed by atoms with E-state index in [1.165, 1.54) is 0 Å². The van der Waals surface area contributed by atoms with Gasteiger partial charge in [0.15, 0.2) is 0 Å². The number of aromatic carboxylic acids is 1. The monoisotopic (exact) mass is 569 g/mol. The molecule has 1 amide bonds. The molecular formula is C32H47N3O6. The van der Waals surface area contributed by atoms with Crippen LogP contribution in [0.5, 0.6) is 5.75 Å². The molecule has 1 aliphatic heterocycles. The SMILES string of the molecule is C[C@H](CO)N1C[C@H](C)[C@@H](CN(C)Cc2ccc(C(=O)O)cc2)OCCCC[C@H](C)Oc2ccc(N(C)C)cc2C1=O. The van der Waals surface area contributed by atoms with E-state index in [9.17, 15) is 19.8 Å². The third kappa shape index (κ3) is 9.18. The van der Waals surface area contributed by atoms with Crippen LogP contribution in [0.25, 0.3) is 0 Å². The van der Waals surface area contributed by atoms with Gasteiger partial charge in [-0.05, 0) is 76.1 Å². The zero-order chi connectivity index (χ0) is 30.1. The Morgan fingerprint density at radius 3 is 2.44 bits per heavy atom. The first kappa shape index (κ1) is 32.4. The largest absolute Gasteiger partial charge is 0.490 e. The zero-order valence-corrected chi connectivity index (χ0v) is 25.4. The van der Waals surface area contributed by atoms with E-state index in [2.05, 4.69) is 11.8 Å². The summed E-state index contributed by atoms with van der Waals surface area (Å²) in [6.45, 7) is 8.11. The number of carboxylic acid groups (broad SMARTS) is 1. The second kappa shape index (κ2) is 15.2. The number of rotatable bonds is 8. The van der Waals surface area contributed by atoms with Crippen molar-refractivity contribution in [2.24, 2.45) is 5.92 Å². The standard InChI is InChI=1S/C32H47N3O6/c1-22-18-35(23(2)21-36)31(37)28-17-27(33(4)5)14-15-29(28)41-24(3)9-7-8-16-40-30(22)20-34(6)19-25-10-12-26(13-11-25)32(38)39/h10-15,17,22-24,30,36H,7-9,16,18-21H2,1-6H3,(H,38,39)/t22-,23+,24-,30+/m0/s1. The average Bonchev–Trinajstić information content (AvgIpc) is 2.94. The molecule has 9 nitrogen and oxygen atoms in total. The smallest absolute Gasteiger partial charge is 0.335 e. The van der Waals surface area contributed by atoms with E-state index >= 15 is 0 Å². The Morgan fingerprint density at radius 2 is 1.80 bits per heavy atom. The van der Waals surface area contributed by atoms with Crippen LogP contribution in [0.3, 0.4) is 0 Å². The van der Waals surface area contributed by atoms with Crippen LogP contribution in [0.15, 0.2) is 42.5 Å². The molecule has 0 aliphatic carbocycles. The fourth-order valence-corrected chi connectivity index (χ4v) is 5.09. The van der Waals surface area contributed by atoms with Gasteiger partial charge in [0.2, 0.25) is 0 Å². The maximum Gasteiger partial charge on any atom is 0.335 e. The highest BCUT2D eigenvalue weighted by atomic mass is 16.5. The summed E-state index contributed by atoms with van der Waals surface area (Å²) in [5.74, 6) is -0.570. The Bertz CT molecular complexity index is 1140. The molecule has 41 heavy (non-hydrogen) atoms. The van der Waals surface area contributed by atoms with Gasteiger partial charge in [-0.25, -0.2) is 4.79 Å². The number of nitrogens with zero attached hydrogens (tertiary/aromatic N) is 3. The van der Waals surface area contributed by atoms with Gasteiger partial charge >= 0.3 is 5.97 Å². The predicted molar refractivity (Wildman–Crippen MR) is 161 cm³/mol. The van der Waals surface area contributed by atoms with Gasteiger partial charge in [-0.3, -0.25) is 9.69 Å². The van der Waals surface area contributed by atoms with Gasteiger partial charge in [-0.2, -0.15) is 0 Å². The highest BCUT2D eigenvalue weighted by Crippen LogP contribution is 2.29. The van der Waals surface area contributed by atoms with Crippen molar-refractivity contribution in [1.82, 2.24) is 9.80 Å². The number of carbonyl (C=O) groups is 2. The summed E-state index contributed by atoms with van der Waals surface area (Å²) < 4.78 is 12.7. The lowest BCUT2D eigenvalue weighted by Gasteiger charge is -2.36. The van der Waals surface area contributed by atoms with E-state index < -0.39 is 12.0 Å². The van der Waals surface area contributed by atoms with Crippen LogP contribution >= 0.6 is 0 Å². The van der Waals surface area contributed by atoms with Crippen molar-refractivity contribution >= 4 is 17.6 Å². The van der Waals surface area contributed by atoms with Gasteiger partial charge in [0.05, 0.1) is 36.0 Å². The summed E-state index contributed by atoms with van der Waals surface area (Å²) in [7, 11) is 5.89. The molecule has 0 aromatic heterocycles. The molecule has 1 aliphatic rings. The van der Waals surface area contributed by atoms with E-state index in [0.29, 0.717) is 37.6 Å². The summed E-state index contributed by atoms with van der Waals surface area (Å²) in [5, 5.41) is 19.3. The lowest BCUT2D eigenvalue weighted by atomic mass is 10.0. The molecule has 0 saturated carbocycles. The molecule has 0 saturated heterocycles. The molecular weight excluding hydrogens is 522 g/mol. The number of carbonyl (C=O) groups excluding carboxylic acids is 1. The first-order chi connectivity index (χ1) is 19.5. The van der Waals surface area contributed by atoms with Crippen molar-refractivity contribution in [3.8, 4) is 5.75 Å². The normalized spacial score (nSPS) is 21.5. The number of carboxylic acids is 1. The van der Waals surface area contributed by atoms with Crippen LogP contribution in [0, 0.1) is 5.92 Å². The van der Waals surface area contributed by atoms with Gasteiger partial charge in [0, 0.05) is 51.9 Å². The molecule has 0 bridgehead atoms.